The van der Waals surface area contributed by atoms with Crippen molar-refractivity contribution in [1.82, 2.24) is 39.3 Å². The molecule has 3 atom stereocenters. The monoisotopic (exact) mass is 862 g/mol. The van der Waals surface area contributed by atoms with E-state index in [1.165, 1.54) is 4.57 Å². The normalized spacial score (nSPS) is 25.2. The Morgan fingerprint density at radius 3 is 2.14 bits per heavy atom. The molecule has 0 spiro atoms. The number of pyridine rings is 1. The molecule has 63 heavy (non-hydrogen) atoms. The Kier molecular flexibility index (Phi) is 13.6. The number of aryl methyl sites for hydroxylation is 1. The van der Waals surface area contributed by atoms with E-state index in [2.05, 4.69) is 22.2 Å². The van der Waals surface area contributed by atoms with Crippen molar-refractivity contribution in [1.29, 1.82) is 0 Å². The number of hydrogen-bond donors (Lipinski definition) is 1. The van der Waals surface area contributed by atoms with Crippen LogP contribution >= 0.6 is 0 Å². The molecule has 9 rings (SSSR count). The van der Waals surface area contributed by atoms with E-state index in [0.717, 1.165) is 66.4 Å². The zero-order chi connectivity index (χ0) is 44.2. The second-order valence-electron chi connectivity index (χ2n) is 18.2. The number of rotatable bonds is 2. The first-order valence-corrected chi connectivity index (χ1v) is 22.8. The molecule has 3 fully saturated rings. The largest absolute Gasteiger partial charge is 0.444 e. The standard InChI is InChI=1S/C48H62N8O7/c1-32-9-5-6-10-33(2)47(60)63-31-56-42-12-8-7-11-37(42)28-40(44(56)57)36-13-19-54(20-14-36)48(61)49-41(45(58)53-23-21-52(22-24-53)39-15-17-51(4)18-16-39)27-35-25-34(3)43-38(26-35)29-55(50-43)30-62-46(32)59/h5-8,11-12,25-26,28-29,32-33,36,39,41H,9-10,13-24,27,30-31H2,1-4H3,(H,49,61)/b6-5-/t32?,33?,41-/m1/s1. The van der Waals surface area contributed by atoms with Gasteiger partial charge < -0.3 is 29.5 Å². The Morgan fingerprint density at radius 1 is 0.778 bits per heavy atom. The number of piperazine rings is 1. The third-order valence-corrected chi connectivity index (χ3v) is 13.7. The molecule has 0 radical (unpaired) electrons. The summed E-state index contributed by atoms with van der Waals surface area (Å²) >= 11 is 0. The highest BCUT2D eigenvalue weighted by Crippen LogP contribution is 2.29. The first kappa shape index (κ1) is 44.1. The van der Waals surface area contributed by atoms with Crippen molar-refractivity contribution in [2.75, 3.05) is 59.4 Å². The van der Waals surface area contributed by atoms with E-state index in [9.17, 15) is 24.0 Å². The Hall–Kier alpha value is -5.54. The minimum atomic E-state index is -0.807. The van der Waals surface area contributed by atoms with Gasteiger partial charge in [0.1, 0.15) is 6.04 Å². The Bertz CT molecular complexity index is 2400. The number of nitrogens with zero attached hydrogens (tertiary/aromatic N) is 7. The quantitative estimate of drug-likeness (QED) is 0.215. The van der Waals surface area contributed by atoms with Crippen LogP contribution in [0.2, 0.25) is 0 Å². The molecule has 0 aliphatic carbocycles. The maximum Gasteiger partial charge on any atom is 0.318 e. The number of fused-ring (bicyclic) bond motifs is 16. The van der Waals surface area contributed by atoms with Crippen LogP contribution in [-0.4, -0.2) is 129 Å². The molecular formula is C48H62N8O7. The van der Waals surface area contributed by atoms with Gasteiger partial charge in [0.2, 0.25) is 5.91 Å². The summed E-state index contributed by atoms with van der Waals surface area (Å²) < 4.78 is 14.5. The third kappa shape index (κ3) is 10.1. The molecule has 7 bridgehead atoms. The summed E-state index contributed by atoms with van der Waals surface area (Å²) in [5.74, 6) is -1.90. The fourth-order valence-electron chi connectivity index (χ4n) is 9.68. The third-order valence-electron chi connectivity index (χ3n) is 13.7. The molecule has 3 saturated heterocycles. The first-order valence-electron chi connectivity index (χ1n) is 22.8. The number of urea groups is 1. The van der Waals surface area contributed by atoms with E-state index in [0.29, 0.717) is 69.0 Å². The Balaban J connectivity index is 1.05. The molecule has 15 heteroatoms. The van der Waals surface area contributed by atoms with Crippen molar-refractivity contribution < 1.29 is 28.7 Å². The van der Waals surface area contributed by atoms with E-state index in [1.54, 1.807) is 23.4 Å². The smallest absolute Gasteiger partial charge is 0.318 e. The van der Waals surface area contributed by atoms with Crippen LogP contribution in [0.4, 0.5) is 4.79 Å². The van der Waals surface area contributed by atoms with E-state index in [-0.39, 0.29) is 49.3 Å². The average Bonchev–Trinajstić information content (AvgIpc) is 3.72. The van der Waals surface area contributed by atoms with Crippen LogP contribution in [-0.2, 0) is 43.7 Å². The van der Waals surface area contributed by atoms with Crippen LogP contribution < -0.4 is 10.9 Å². The topological polar surface area (TPSA) is 152 Å². The number of hydrogen-bond acceptors (Lipinski definition) is 10. The number of aromatic nitrogens is 3. The van der Waals surface area contributed by atoms with Gasteiger partial charge in [-0.1, -0.05) is 50.3 Å². The molecule has 15 nitrogen and oxygen atoms in total. The number of carbonyl (C=O) groups is 4. The summed E-state index contributed by atoms with van der Waals surface area (Å²) in [6.07, 6.45) is 10.1. The number of benzene rings is 2. The fraction of sp³-hybridized carbons (Fsp3) is 0.542. The molecular weight excluding hydrogens is 801 g/mol. The first-order chi connectivity index (χ1) is 30.4. The molecule has 7 heterocycles. The lowest BCUT2D eigenvalue weighted by Gasteiger charge is -2.43. The average molecular weight is 863 g/mol. The summed E-state index contributed by atoms with van der Waals surface area (Å²) in [6.45, 7) is 11.0. The van der Waals surface area contributed by atoms with Gasteiger partial charge in [-0.3, -0.25) is 28.6 Å². The maximum atomic E-state index is 14.5. The van der Waals surface area contributed by atoms with Crippen LogP contribution in [0.1, 0.15) is 75.0 Å². The van der Waals surface area contributed by atoms with E-state index in [1.807, 2.05) is 72.6 Å². The van der Waals surface area contributed by atoms with E-state index >= 15 is 0 Å². The highest BCUT2D eigenvalue weighted by molar-refractivity contribution is 5.88. The second-order valence-corrected chi connectivity index (χ2v) is 18.2. The number of piperidine rings is 2. The fourth-order valence-corrected chi connectivity index (χ4v) is 9.68. The number of esters is 2. The van der Waals surface area contributed by atoms with Crippen LogP contribution in [0, 0.1) is 18.8 Å². The van der Waals surface area contributed by atoms with Crippen LogP contribution in [0.5, 0.6) is 0 Å². The second kappa shape index (κ2) is 19.5. The van der Waals surface area contributed by atoms with Crippen molar-refractivity contribution in [2.45, 2.75) is 97.2 Å². The van der Waals surface area contributed by atoms with Gasteiger partial charge in [0, 0.05) is 68.9 Å². The number of allylic oxidation sites excluding steroid dienone is 2. The summed E-state index contributed by atoms with van der Waals surface area (Å²) in [6, 6.07) is 12.9. The molecule has 2 aromatic carbocycles. The highest BCUT2D eigenvalue weighted by Gasteiger charge is 2.34. The molecule has 5 aliphatic rings. The van der Waals surface area contributed by atoms with Gasteiger partial charge in [-0.05, 0) is 106 Å². The van der Waals surface area contributed by atoms with Gasteiger partial charge in [0.25, 0.3) is 5.56 Å². The molecule has 5 aliphatic heterocycles. The summed E-state index contributed by atoms with van der Waals surface area (Å²) in [7, 11) is 2.17. The zero-order valence-electron chi connectivity index (χ0n) is 37.2. The molecule has 2 aromatic heterocycles. The van der Waals surface area contributed by atoms with Crippen molar-refractivity contribution in [3.05, 3.63) is 87.9 Å². The van der Waals surface area contributed by atoms with Crippen LogP contribution in [0.25, 0.3) is 21.8 Å². The minimum Gasteiger partial charge on any atom is -0.444 e. The van der Waals surface area contributed by atoms with Crippen molar-refractivity contribution >= 4 is 45.7 Å². The summed E-state index contributed by atoms with van der Waals surface area (Å²) in [5, 5.41) is 9.57. The summed E-state index contributed by atoms with van der Waals surface area (Å²) in [4.78, 5) is 77.6. The van der Waals surface area contributed by atoms with Gasteiger partial charge in [-0.15, -0.1) is 0 Å². The van der Waals surface area contributed by atoms with E-state index in [4.69, 9.17) is 14.6 Å². The molecule has 336 valence electrons. The van der Waals surface area contributed by atoms with Gasteiger partial charge in [-0.25, -0.2) is 9.48 Å². The van der Waals surface area contributed by atoms with Gasteiger partial charge in [0.15, 0.2) is 13.5 Å². The van der Waals surface area contributed by atoms with Crippen molar-refractivity contribution in [3.63, 3.8) is 0 Å². The van der Waals surface area contributed by atoms with Gasteiger partial charge >= 0.3 is 18.0 Å². The zero-order valence-corrected chi connectivity index (χ0v) is 37.2. The number of para-hydroxylation sites is 1. The van der Waals surface area contributed by atoms with Crippen LogP contribution in [0.3, 0.4) is 0 Å². The maximum absolute atomic E-state index is 14.5. The summed E-state index contributed by atoms with van der Waals surface area (Å²) in [5.41, 5.74) is 3.64. The molecule has 0 saturated carbocycles. The molecule has 1 N–H and O–H groups in total. The van der Waals surface area contributed by atoms with Gasteiger partial charge in [-0.2, -0.15) is 5.10 Å². The lowest BCUT2D eigenvalue weighted by molar-refractivity contribution is -0.152. The predicted octanol–water partition coefficient (Wildman–Crippen LogP) is 5.02. The van der Waals surface area contributed by atoms with Crippen molar-refractivity contribution in [2.24, 2.45) is 11.8 Å². The lowest BCUT2D eigenvalue weighted by Crippen LogP contribution is -2.59. The number of ether oxygens (including phenoxy) is 2. The molecule has 3 amide bonds. The molecule has 4 aromatic rings. The lowest BCUT2D eigenvalue weighted by atomic mass is 9.89. The number of amides is 3. The number of nitrogens with one attached hydrogen (secondary N) is 1. The SMILES string of the molecule is Cc1cc2cc3cn(nc13)COC(=O)C(C)C/C=C\CC(C)C(=O)OCn1c(=O)c(cc3ccccc31)C1CCN(CC1)C(=O)N[C@@H](C(=O)N1CCN(C3CCN(C)CC3)CC1)C2. The highest BCUT2D eigenvalue weighted by atomic mass is 16.5. The molecule has 2 unspecified atom stereocenters. The van der Waals surface area contributed by atoms with Gasteiger partial charge in [0.05, 0.1) is 22.9 Å². The van der Waals surface area contributed by atoms with Crippen LogP contribution in [0.15, 0.2) is 65.6 Å². The van der Waals surface area contributed by atoms with Crippen molar-refractivity contribution in [3.8, 4) is 0 Å². The number of likely N-dealkylation sites (tertiary alicyclic amines) is 1. The Labute approximate surface area is 368 Å². The predicted molar refractivity (Wildman–Crippen MR) is 240 cm³/mol. The minimum absolute atomic E-state index is 0.0576. The Morgan fingerprint density at radius 2 is 1.44 bits per heavy atom. The van der Waals surface area contributed by atoms with E-state index < -0.39 is 23.8 Å². The number of carbonyl (C=O) groups excluding carboxylic acids is 4.